The minimum absolute atomic E-state index is 0.0801. The number of alkyl halides is 3. The molecule has 5 rings (SSSR count). The Morgan fingerprint density at radius 3 is 2.41 bits per heavy atom. The molecule has 3 heterocycles. The van der Waals surface area contributed by atoms with E-state index in [4.69, 9.17) is 0 Å². The quantitative estimate of drug-likeness (QED) is 0.311. The lowest BCUT2D eigenvalue weighted by Crippen LogP contribution is -2.37. The molecule has 1 saturated heterocycles. The number of halogens is 3. The van der Waals surface area contributed by atoms with Crippen LogP contribution in [0.3, 0.4) is 0 Å². The summed E-state index contributed by atoms with van der Waals surface area (Å²) in [4.78, 5) is 20.1. The van der Waals surface area contributed by atoms with E-state index in [2.05, 4.69) is 40.9 Å². The molecule has 1 fully saturated rings. The van der Waals surface area contributed by atoms with Gasteiger partial charge < -0.3 is 14.8 Å². The molecule has 0 aliphatic carbocycles. The van der Waals surface area contributed by atoms with E-state index >= 15 is 0 Å². The standard InChI is InChI=1S/C28H29F3N4OSi/c1-37(2,3)22-11-9-19-15-25(27(36)33-21-10-12-26(32-17-21)34-13-6-14-34)35(24(19)16-22)18-20-7-4-5-8-23(20)28(29,30)31/h4-5,7-12,15-17H,6,13-14,18H2,1-3H3,(H,33,36). The van der Waals surface area contributed by atoms with Gasteiger partial charge in [-0.1, -0.05) is 55.2 Å². The normalized spacial score (nSPS) is 14.1. The summed E-state index contributed by atoms with van der Waals surface area (Å²) in [6.45, 7) is 8.50. The SMILES string of the molecule is C[Si](C)(C)c1ccc2cc(C(=O)Nc3ccc(N4CCC4)nc3)n(Cc3ccccc3C(F)(F)F)c2c1. The first-order valence-corrected chi connectivity index (χ1v) is 15.8. The minimum Gasteiger partial charge on any atom is -0.356 e. The third kappa shape index (κ3) is 5.13. The van der Waals surface area contributed by atoms with Crippen LogP contribution in [0.15, 0.2) is 66.9 Å². The first kappa shape index (κ1) is 25.1. The van der Waals surface area contributed by atoms with Crippen molar-refractivity contribution in [2.24, 2.45) is 0 Å². The molecule has 2 aromatic carbocycles. The molecule has 0 spiro atoms. The minimum atomic E-state index is -4.49. The molecule has 1 N–H and O–H groups in total. The van der Waals surface area contributed by atoms with Crippen molar-refractivity contribution in [3.63, 3.8) is 0 Å². The Bertz CT molecular complexity index is 1450. The van der Waals surface area contributed by atoms with Crippen molar-refractivity contribution in [2.45, 2.75) is 38.8 Å². The number of hydrogen-bond acceptors (Lipinski definition) is 3. The predicted molar refractivity (Wildman–Crippen MR) is 144 cm³/mol. The van der Waals surface area contributed by atoms with Gasteiger partial charge in [-0.05, 0) is 42.3 Å². The van der Waals surface area contributed by atoms with Gasteiger partial charge in [0, 0.05) is 30.5 Å². The number of nitrogens with one attached hydrogen (secondary N) is 1. The Kier molecular flexibility index (Phi) is 6.35. The zero-order valence-electron chi connectivity index (χ0n) is 21.1. The maximum absolute atomic E-state index is 13.8. The van der Waals surface area contributed by atoms with Gasteiger partial charge in [-0.2, -0.15) is 13.2 Å². The zero-order chi connectivity index (χ0) is 26.4. The van der Waals surface area contributed by atoms with Crippen LogP contribution in [0.2, 0.25) is 19.6 Å². The summed E-state index contributed by atoms with van der Waals surface area (Å²) < 4.78 is 43.0. The van der Waals surface area contributed by atoms with Crippen LogP contribution in [0.5, 0.6) is 0 Å². The number of nitrogens with zero attached hydrogens (tertiary/aromatic N) is 3. The Morgan fingerprint density at radius 2 is 1.78 bits per heavy atom. The van der Waals surface area contributed by atoms with E-state index in [0.29, 0.717) is 11.4 Å². The highest BCUT2D eigenvalue weighted by molar-refractivity contribution is 6.88. The summed E-state index contributed by atoms with van der Waals surface area (Å²) in [5.74, 6) is 0.467. The van der Waals surface area contributed by atoms with Gasteiger partial charge in [0.05, 0.1) is 25.5 Å². The number of anilines is 2. The van der Waals surface area contributed by atoms with E-state index in [0.717, 1.165) is 42.3 Å². The van der Waals surface area contributed by atoms with E-state index < -0.39 is 25.7 Å². The second kappa shape index (κ2) is 9.37. The first-order chi connectivity index (χ1) is 17.5. The third-order valence-corrected chi connectivity index (χ3v) is 8.88. The van der Waals surface area contributed by atoms with Gasteiger partial charge in [0.15, 0.2) is 0 Å². The molecule has 5 nitrogen and oxygen atoms in total. The molecule has 0 bridgehead atoms. The molecule has 0 unspecified atom stereocenters. The summed E-state index contributed by atoms with van der Waals surface area (Å²) in [7, 11) is -1.70. The van der Waals surface area contributed by atoms with Crippen LogP contribution in [0, 0.1) is 0 Å². The molecular weight excluding hydrogens is 493 g/mol. The Hall–Kier alpha value is -3.59. The van der Waals surface area contributed by atoms with Crippen molar-refractivity contribution in [3.05, 3.63) is 83.7 Å². The molecule has 0 atom stereocenters. The summed E-state index contributed by atoms with van der Waals surface area (Å²) in [6.07, 6.45) is -1.74. The van der Waals surface area contributed by atoms with Crippen molar-refractivity contribution in [3.8, 4) is 0 Å². The van der Waals surface area contributed by atoms with E-state index in [1.54, 1.807) is 29.0 Å². The van der Waals surface area contributed by atoms with Crippen LogP contribution in [-0.2, 0) is 12.7 Å². The number of carbonyl (C=O) groups is 1. The fourth-order valence-electron chi connectivity index (χ4n) is 4.57. The highest BCUT2D eigenvalue weighted by atomic mass is 28.3. The lowest BCUT2D eigenvalue weighted by atomic mass is 10.1. The molecule has 2 aromatic heterocycles. The molecule has 9 heteroatoms. The van der Waals surface area contributed by atoms with Gasteiger partial charge in [-0.3, -0.25) is 4.79 Å². The van der Waals surface area contributed by atoms with Gasteiger partial charge in [0.2, 0.25) is 0 Å². The summed E-state index contributed by atoms with van der Waals surface area (Å²) in [5.41, 5.74) is 0.986. The average Bonchev–Trinajstić information content (AvgIpc) is 3.16. The second-order valence-corrected chi connectivity index (χ2v) is 15.6. The number of hydrogen-bond donors (Lipinski definition) is 1. The molecule has 1 aliphatic heterocycles. The number of pyridine rings is 1. The Morgan fingerprint density at radius 1 is 1.03 bits per heavy atom. The van der Waals surface area contributed by atoms with Crippen molar-refractivity contribution >= 4 is 41.6 Å². The van der Waals surface area contributed by atoms with Gasteiger partial charge >= 0.3 is 6.18 Å². The van der Waals surface area contributed by atoms with Crippen LogP contribution in [-0.4, -0.2) is 36.6 Å². The van der Waals surface area contributed by atoms with Gasteiger partial charge in [-0.25, -0.2) is 4.98 Å². The lowest BCUT2D eigenvalue weighted by Gasteiger charge is -2.31. The molecule has 192 valence electrons. The lowest BCUT2D eigenvalue weighted by molar-refractivity contribution is -0.138. The largest absolute Gasteiger partial charge is 0.416 e. The molecule has 0 saturated carbocycles. The fraction of sp³-hybridized carbons (Fsp3) is 0.286. The topological polar surface area (TPSA) is 50.2 Å². The number of benzene rings is 2. The van der Waals surface area contributed by atoms with Crippen molar-refractivity contribution in [2.75, 3.05) is 23.3 Å². The monoisotopic (exact) mass is 522 g/mol. The highest BCUT2D eigenvalue weighted by Crippen LogP contribution is 2.33. The van der Waals surface area contributed by atoms with Gasteiger partial charge in [0.25, 0.3) is 5.91 Å². The van der Waals surface area contributed by atoms with Crippen LogP contribution < -0.4 is 15.4 Å². The van der Waals surface area contributed by atoms with E-state index in [1.165, 1.54) is 17.3 Å². The molecule has 4 aromatic rings. The van der Waals surface area contributed by atoms with E-state index in [-0.39, 0.29) is 12.1 Å². The molecule has 0 radical (unpaired) electrons. The van der Waals surface area contributed by atoms with Crippen LogP contribution in [0.25, 0.3) is 10.9 Å². The number of aromatic nitrogens is 2. The number of carbonyl (C=O) groups excluding carboxylic acids is 1. The van der Waals surface area contributed by atoms with Gasteiger partial charge in [-0.15, -0.1) is 0 Å². The maximum atomic E-state index is 13.8. The van der Waals surface area contributed by atoms with Gasteiger partial charge in [0.1, 0.15) is 11.5 Å². The summed E-state index contributed by atoms with van der Waals surface area (Å²) in [5, 5.41) is 4.86. The van der Waals surface area contributed by atoms with Crippen LogP contribution in [0.1, 0.15) is 28.0 Å². The van der Waals surface area contributed by atoms with Crippen molar-refractivity contribution < 1.29 is 18.0 Å². The number of rotatable bonds is 6. The number of fused-ring (bicyclic) bond motifs is 1. The molecule has 1 aliphatic rings. The Balaban J connectivity index is 1.55. The predicted octanol–water partition coefficient (Wildman–Crippen LogP) is 6.11. The maximum Gasteiger partial charge on any atom is 0.416 e. The smallest absolute Gasteiger partial charge is 0.356 e. The van der Waals surface area contributed by atoms with E-state index in [1.807, 2.05) is 18.2 Å². The second-order valence-electron chi connectivity index (χ2n) is 10.5. The van der Waals surface area contributed by atoms with Crippen molar-refractivity contribution in [1.29, 1.82) is 0 Å². The number of amides is 1. The van der Waals surface area contributed by atoms with E-state index in [9.17, 15) is 18.0 Å². The fourth-order valence-corrected chi connectivity index (χ4v) is 5.73. The zero-order valence-corrected chi connectivity index (χ0v) is 22.1. The third-order valence-electron chi connectivity index (χ3n) is 6.84. The Labute approximate surface area is 214 Å². The molecular formula is C28H29F3N4OSi. The first-order valence-electron chi connectivity index (χ1n) is 12.3. The summed E-state index contributed by atoms with van der Waals surface area (Å²) >= 11 is 0. The van der Waals surface area contributed by atoms with Crippen LogP contribution >= 0.6 is 0 Å². The summed E-state index contributed by atoms with van der Waals surface area (Å²) in [6, 6.07) is 17.0. The average molecular weight is 523 g/mol. The van der Waals surface area contributed by atoms with Crippen LogP contribution in [0.4, 0.5) is 24.7 Å². The molecule has 37 heavy (non-hydrogen) atoms. The highest BCUT2D eigenvalue weighted by Gasteiger charge is 2.33. The molecule has 1 amide bonds. The van der Waals surface area contributed by atoms with Crippen molar-refractivity contribution in [1.82, 2.24) is 9.55 Å².